The van der Waals surface area contributed by atoms with Gasteiger partial charge in [-0.15, -0.1) is 0 Å². The molecule has 0 aromatic heterocycles. The molecule has 4 rings (SSSR count). The Balaban J connectivity index is 1.67. The SMILES string of the molecule is CCC12CCC3C4CCC(=O)C=C4CCC3C1CCC2(O)C#CCl. The molecule has 0 aromatic carbocycles. The molecule has 4 aliphatic carbocycles. The van der Waals surface area contributed by atoms with Gasteiger partial charge in [0.1, 0.15) is 5.60 Å². The van der Waals surface area contributed by atoms with Crippen molar-refractivity contribution in [2.24, 2.45) is 29.1 Å². The van der Waals surface area contributed by atoms with Gasteiger partial charge in [-0.25, -0.2) is 0 Å². The second-order valence-electron chi connectivity index (χ2n) is 8.47. The molecule has 3 fully saturated rings. The lowest BCUT2D eigenvalue weighted by atomic mass is 9.49. The second-order valence-corrected chi connectivity index (χ2v) is 8.66. The van der Waals surface area contributed by atoms with E-state index in [-0.39, 0.29) is 5.41 Å². The van der Waals surface area contributed by atoms with Gasteiger partial charge in [-0.1, -0.05) is 18.4 Å². The van der Waals surface area contributed by atoms with Gasteiger partial charge in [0.05, 0.1) is 0 Å². The molecule has 0 spiro atoms. The zero-order chi connectivity index (χ0) is 16.9. The molecule has 0 radical (unpaired) electrons. The van der Waals surface area contributed by atoms with E-state index in [0.717, 1.165) is 51.4 Å². The molecular formula is C21H27ClO2. The van der Waals surface area contributed by atoms with Crippen LogP contribution in [-0.2, 0) is 4.79 Å². The van der Waals surface area contributed by atoms with Crippen LogP contribution in [0, 0.1) is 40.4 Å². The van der Waals surface area contributed by atoms with Crippen LogP contribution in [0.4, 0.5) is 0 Å². The minimum absolute atomic E-state index is 0.0816. The van der Waals surface area contributed by atoms with Crippen LogP contribution in [0.25, 0.3) is 0 Å². The van der Waals surface area contributed by atoms with Gasteiger partial charge in [0, 0.05) is 17.2 Å². The lowest BCUT2D eigenvalue weighted by Crippen LogP contribution is -2.53. The fourth-order valence-corrected chi connectivity index (χ4v) is 7.17. The molecule has 2 nitrogen and oxygen atoms in total. The van der Waals surface area contributed by atoms with Crippen LogP contribution in [0.5, 0.6) is 0 Å². The van der Waals surface area contributed by atoms with E-state index in [0.29, 0.717) is 29.5 Å². The first kappa shape index (κ1) is 16.7. The summed E-state index contributed by atoms with van der Waals surface area (Å²) in [6, 6.07) is 0. The van der Waals surface area contributed by atoms with Gasteiger partial charge in [0.15, 0.2) is 5.78 Å². The number of halogens is 1. The maximum absolute atomic E-state index is 11.8. The average Bonchev–Trinajstić information content (AvgIpc) is 2.88. The summed E-state index contributed by atoms with van der Waals surface area (Å²) in [6.45, 7) is 2.22. The third-order valence-corrected chi connectivity index (χ3v) is 8.13. The molecule has 24 heavy (non-hydrogen) atoms. The van der Waals surface area contributed by atoms with Gasteiger partial charge in [0.25, 0.3) is 0 Å². The van der Waals surface area contributed by atoms with Gasteiger partial charge < -0.3 is 5.11 Å². The van der Waals surface area contributed by atoms with Crippen LogP contribution in [-0.4, -0.2) is 16.5 Å². The molecular weight excluding hydrogens is 320 g/mol. The highest BCUT2D eigenvalue weighted by molar-refractivity contribution is 6.30. The molecule has 1 N–H and O–H groups in total. The number of allylic oxidation sites excluding steroid dienone is 1. The summed E-state index contributed by atoms with van der Waals surface area (Å²) >= 11 is 5.70. The molecule has 0 amide bonds. The van der Waals surface area contributed by atoms with Crippen molar-refractivity contribution < 1.29 is 9.90 Å². The van der Waals surface area contributed by atoms with E-state index < -0.39 is 5.60 Å². The Labute approximate surface area is 150 Å². The van der Waals surface area contributed by atoms with Crippen LogP contribution >= 0.6 is 11.6 Å². The lowest BCUT2D eigenvalue weighted by Gasteiger charge is -2.55. The Bertz CT molecular complexity index is 642. The highest BCUT2D eigenvalue weighted by Crippen LogP contribution is 2.66. The van der Waals surface area contributed by atoms with E-state index in [1.165, 1.54) is 12.0 Å². The normalized spacial score (nSPS) is 47.0. The van der Waals surface area contributed by atoms with E-state index in [9.17, 15) is 9.90 Å². The Morgan fingerprint density at radius 3 is 2.79 bits per heavy atom. The lowest BCUT2D eigenvalue weighted by molar-refractivity contribution is -0.117. The molecule has 6 atom stereocenters. The first-order chi connectivity index (χ1) is 11.5. The van der Waals surface area contributed by atoms with Crippen molar-refractivity contribution in [2.75, 3.05) is 0 Å². The summed E-state index contributed by atoms with van der Waals surface area (Å²) in [5.74, 6) is 5.87. The Hall–Kier alpha value is -0.780. The molecule has 130 valence electrons. The number of carbonyl (C=O) groups excluding carboxylic acids is 1. The minimum Gasteiger partial charge on any atom is -0.377 e. The van der Waals surface area contributed by atoms with Crippen molar-refractivity contribution >= 4 is 17.4 Å². The number of carbonyl (C=O) groups is 1. The van der Waals surface area contributed by atoms with Gasteiger partial charge in [-0.2, -0.15) is 0 Å². The van der Waals surface area contributed by atoms with Crippen molar-refractivity contribution in [1.82, 2.24) is 0 Å². The molecule has 4 aliphatic rings. The molecule has 0 aromatic rings. The largest absolute Gasteiger partial charge is 0.377 e. The van der Waals surface area contributed by atoms with Crippen LogP contribution in [0.1, 0.15) is 64.7 Å². The van der Waals surface area contributed by atoms with E-state index >= 15 is 0 Å². The summed E-state index contributed by atoms with van der Waals surface area (Å²) in [6.07, 6.45) is 11.0. The fourth-order valence-electron chi connectivity index (χ4n) is 7.01. The van der Waals surface area contributed by atoms with Crippen molar-refractivity contribution in [1.29, 1.82) is 0 Å². The van der Waals surface area contributed by atoms with Crippen molar-refractivity contribution in [3.05, 3.63) is 11.6 Å². The molecule has 0 saturated heterocycles. The summed E-state index contributed by atoms with van der Waals surface area (Å²) in [4.78, 5) is 11.8. The number of aliphatic hydroxyl groups is 1. The van der Waals surface area contributed by atoms with E-state index in [2.05, 4.69) is 18.2 Å². The highest BCUT2D eigenvalue weighted by Gasteiger charge is 2.63. The quantitative estimate of drug-likeness (QED) is 0.712. The van der Waals surface area contributed by atoms with Crippen LogP contribution in [0.2, 0.25) is 0 Å². The fraction of sp³-hybridized carbons (Fsp3) is 0.762. The van der Waals surface area contributed by atoms with E-state index in [4.69, 9.17) is 11.6 Å². The monoisotopic (exact) mass is 346 g/mol. The Morgan fingerprint density at radius 2 is 2.04 bits per heavy atom. The van der Waals surface area contributed by atoms with Gasteiger partial charge >= 0.3 is 0 Å². The predicted molar refractivity (Wildman–Crippen MR) is 95.3 cm³/mol. The maximum Gasteiger partial charge on any atom is 0.155 e. The number of hydrogen-bond donors (Lipinski definition) is 1. The number of rotatable bonds is 1. The molecule has 3 heteroatoms. The maximum atomic E-state index is 11.8. The topological polar surface area (TPSA) is 37.3 Å². The highest BCUT2D eigenvalue weighted by atomic mass is 35.5. The summed E-state index contributed by atoms with van der Waals surface area (Å²) in [5, 5.41) is 13.8. The van der Waals surface area contributed by atoms with E-state index in [1.54, 1.807) is 0 Å². The van der Waals surface area contributed by atoms with Crippen LogP contribution in [0.3, 0.4) is 0 Å². The first-order valence-corrected chi connectivity index (χ1v) is 10.0. The first-order valence-electron chi connectivity index (χ1n) is 9.63. The summed E-state index contributed by atoms with van der Waals surface area (Å²) in [7, 11) is 0. The Kier molecular flexibility index (Phi) is 4.09. The van der Waals surface area contributed by atoms with Crippen molar-refractivity contribution in [2.45, 2.75) is 70.3 Å². The second kappa shape index (κ2) is 5.89. The molecule has 6 unspecified atom stereocenters. The smallest absolute Gasteiger partial charge is 0.155 e. The van der Waals surface area contributed by atoms with Gasteiger partial charge in [-0.3, -0.25) is 4.79 Å². The predicted octanol–water partition coefficient (Wildman–Crippen LogP) is 4.45. The summed E-state index contributed by atoms with van der Waals surface area (Å²) in [5.41, 5.74) is 0.435. The molecule has 0 heterocycles. The molecule has 0 aliphatic heterocycles. The van der Waals surface area contributed by atoms with Gasteiger partial charge in [0.2, 0.25) is 0 Å². The number of hydrogen-bond acceptors (Lipinski definition) is 2. The molecule has 3 saturated carbocycles. The standard InChI is InChI=1S/C21H27ClO2/c1-2-20-9-7-17-16-6-4-15(23)13-14(16)3-5-18(17)19(20)8-10-21(20,24)11-12-22/h13,16-19,24H,2-10H2,1H3. The number of ketones is 1. The summed E-state index contributed by atoms with van der Waals surface area (Å²) < 4.78 is 0. The number of fused-ring (bicyclic) bond motifs is 5. The zero-order valence-corrected chi connectivity index (χ0v) is 15.2. The molecule has 0 bridgehead atoms. The van der Waals surface area contributed by atoms with Gasteiger partial charge in [-0.05, 0) is 92.7 Å². The minimum atomic E-state index is -0.905. The third kappa shape index (κ3) is 2.17. The third-order valence-electron chi connectivity index (χ3n) is 8.03. The van der Waals surface area contributed by atoms with Crippen molar-refractivity contribution in [3.63, 3.8) is 0 Å². The van der Waals surface area contributed by atoms with Crippen LogP contribution < -0.4 is 0 Å². The van der Waals surface area contributed by atoms with E-state index in [1.807, 2.05) is 6.08 Å². The van der Waals surface area contributed by atoms with Crippen molar-refractivity contribution in [3.8, 4) is 11.3 Å². The Morgan fingerprint density at radius 1 is 1.21 bits per heavy atom. The average molecular weight is 347 g/mol. The zero-order valence-electron chi connectivity index (χ0n) is 14.5. The van der Waals surface area contributed by atoms with Crippen LogP contribution in [0.15, 0.2) is 11.6 Å².